The molecular weight excluding hydrogens is 551 g/mol. The zero-order chi connectivity index (χ0) is 23.8. The van der Waals surface area contributed by atoms with E-state index in [1.165, 1.54) is 12.1 Å². The minimum Gasteiger partial charge on any atom is -0.445 e. The molecule has 15 heteroatoms. The molecule has 0 aliphatic rings. The SMILES string of the molecule is O=C(Nc1ccc(N=Nc2ccccc2)c(NC(=O)OCC(Cl)(Cl)Cl)n1)OCC(Cl)(Cl)Cl. The Morgan fingerprint density at radius 1 is 0.812 bits per heavy atom. The minimum absolute atomic E-state index is 0.0188. The van der Waals surface area contributed by atoms with Crippen LogP contribution in [0.1, 0.15) is 0 Å². The number of carbonyl (C=O) groups excluding carboxylic acids is 2. The zero-order valence-electron chi connectivity index (χ0n) is 15.7. The van der Waals surface area contributed by atoms with E-state index < -0.39 is 33.0 Å². The predicted molar refractivity (Wildman–Crippen MR) is 125 cm³/mol. The summed E-state index contributed by atoms with van der Waals surface area (Å²) in [7, 11) is 0. The molecule has 1 aromatic heterocycles. The third kappa shape index (κ3) is 10.7. The fraction of sp³-hybridized carbons (Fsp3) is 0.235. The highest BCUT2D eigenvalue weighted by Crippen LogP contribution is 2.29. The van der Waals surface area contributed by atoms with Crippen molar-refractivity contribution >= 4 is 105 Å². The van der Waals surface area contributed by atoms with Crippen molar-refractivity contribution in [3.05, 3.63) is 42.5 Å². The van der Waals surface area contributed by atoms with Crippen molar-refractivity contribution in [1.82, 2.24) is 4.98 Å². The van der Waals surface area contributed by atoms with Gasteiger partial charge in [0.15, 0.2) is 5.82 Å². The van der Waals surface area contributed by atoms with Crippen LogP contribution in [0, 0.1) is 0 Å². The molecule has 2 aromatic rings. The van der Waals surface area contributed by atoms with E-state index in [4.69, 9.17) is 79.1 Å². The van der Waals surface area contributed by atoms with Crippen molar-refractivity contribution in [2.24, 2.45) is 10.2 Å². The summed E-state index contributed by atoms with van der Waals surface area (Å²) in [6.45, 7) is -1.02. The van der Waals surface area contributed by atoms with Gasteiger partial charge in [0.2, 0.25) is 7.59 Å². The Kier molecular flexibility index (Phi) is 9.87. The molecular formula is C17H13Cl6N5O4. The number of amides is 2. The lowest BCUT2D eigenvalue weighted by Crippen LogP contribution is -2.23. The maximum atomic E-state index is 12.1. The summed E-state index contributed by atoms with van der Waals surface area (Å²) in [4.78, 5) is 28.0. The van der Waals surface area contributed by atoms with Gasteiger partial charge in [0.25, 0.3) is 0 Å². The molecule has 1 aromatic carbocycles. The van der Waals surface area contributed by atoms with E-state index in [9.17, 15) is 9.59 Å². The van der Waals surface area contributed by atoms with Gasteiger partial charge in [-0.2, -0.15) is 5.11 Å². The molecule has 0 aliphatic carbocycles. The summed E-state index contributed by atoms with van der Waals surface area (Å²) in [6, 6.07) is 11.6. The first-order chi connectivity index (χ1) is 14.9. The van der Waals surface area contributed by atoms with Gasteiger partial charge >= 0.3 is 12.2 Å². The molecule has 2 rings (SSSR count). The van der Waals surface area contributed by atoms with E-state index >= 15 is 0 Å². The predicted octanol–water partition coefficient (Wildman–Crippen LogP) is 7.33. The molecule has 0 aliphatic heterocycles. The molecule has 2 amide bonds. The van der Waals surface area contributed by atoms with Gasteiger partial charge in [0, 0.05) is 0 Å². The Balaban J connectivity index is 2.19. The van der Waals surface area contributed by atoms with Crippen molar-refractivity contribution in [2.45, 2.75) is 7.59 Å². The van der Waals surface area contributed by atoms with E-state index in [-0.39, 0.29) is 17.3 Å². The summed E-state index contributed by atoms with van der Waals surface area (Å²) in [5.74, 6) is -0.132. The fourth-order valence-electron chi connectivity index (χ4n) is 1.87. The Hall–Kier alpha value is -1.75. The van der Waals surface area contributed by atoms with Crippen molar-refractivity contribution in [2.75, 3.05) is 23.8 Å². The first-order valence-electron chi connectivity index (χ1n) is 8.40. The molecule has 0 saturated heterocycles. The van der Waals surface area contributed by atoms with Crippen molar-refractivity contribution in [3.63, 3.8) is 0 Å². The van der Waals surface area contributed by atoms with Crippen LogP contribution in [0.15, 0.2) is 52.7 Å². The number of halogens is 6. The number of hydrogen-bond acceptors (Lipinski definition) is 7. The maximum Gasteiger partial charge on any atom is 0.413 e. The highest BCUT2D eigenvalue weighted by Gasteiger charge is 2.24. The smallest absolute Gasteiger partial charge is 0.413 e. The molecule has 32 heavy (non-hydrogen) atoms. The zero-order valence-corrected chi connectivity index (χ0v) is 20.2. The van der Waals surface area contributed by atoms with E-state index in [0.29, 0.717) is 5.69 Å². The Bertz CT molecular complexity index is 966. The number of aromatic nitrogens is 1. The van der Waals surface area contributed by atoms with Crippen LogP contribution in [-0.2, 0) is 9.47 Å². The summed E-state index contributed by atoms with van der Waals surface area (Å²) in [6.07, 6.45) is -1.94. The third-order valence-electron chi connectivity index (χ3n) is 3.09. The van der Waals surface area contributed by atoms with Crippen LogP contribution in [0.3, 0.4) is 0 Å². The molecule has 0 unspecified atom stereocenters. The maximum absolute atomic E-state index is 12.1. The highest BCUT2D eigenvalue weighted by atomic mass is 35.6. The summed E-state index contributed by atoms with van der Waals surface area (Å²) < 4.78 is 5.97. The molecule has 0 fully saturated rings. The lowest BCUT2D eigenvalue weighted by Gasteiger charge is -2.14. The van der Waals surface area contributed by atoms with E-state index in [1.54, 1.807) is 24.3 Å². The van der Waals surface area contributed by atoms with Gasteiger partial charge in [-0.1, -0.05) is 87.8 Å². The molecule has 2 N–H and O–H groups in total. The van der Waals surface area contributed by atoms with Crippen LogP contribution in [0.4, 0.5) is 32.6 Å². The van der Waals surface area contributed by atoms with Gasteiger partial charge in [-0.25, -0.2) is 14.6 Å². The average Bonchev–Trinajstić information content (AvgIpc) is 2.70. The van der Waals surface area contributed by atoms with Crippen molar-refractivity contribution < 1.29 is 19.1 Å². The fourth-order valence-corrected chi connectivity index (χ4v) is 2.20. The van der Waals surface area contributed by atoms with Gasteiger partial charge in [0.05, 0.1) is 5.69 Å². The van der Waals surface area contributed by atoms with Crippen LogP contribution in [-0.4, -0.2) is 38.0 Å². The van der Waals surface area contributed by atoms with Crippen LogP contribution in [0.2, 0.25) is 0 Å². The lowest BCUT2D eigenvalue weighted by molar-refractivity contribution is 0.163. The van der Waals surface area contributed by atoms with Crippen LogP contribution in [0.5, 0.6) is 0 Å². The molecule has 1 heterocycles. The second-order valence-corrected chi connectivity index (χ2v) is 10.8. The monoisotopic (exact) mass is 561 g/mol. The lowest BCUT2D eigenvalue weighted by atomic mass is 10.3. The average molecular weight is 564 g/mol. The molecule has 0 radical (unpaired) electrons. The molecule has 9 nitrogen and oxygen atoms in total. The number of alkyl halides is 6. The van der Waals surface area contributed by atoms with Gasteiger partial charge < -0.3 is 9.47 Å². The van der Waals surface area contributed by atoms with Crippen LogP contribution < -0.4 is 10.6 Å². The summed E-state index contributed by atoms with van der Waals surface area (Å²) in [5.41, 5.74) is 0.689. The second kappa shape index (κ2) is 11.9. The highest BCUT2D eigenvalue weighted by molar-refractivity contribution is 6.68. The van der Waals surface area contributed by atoms with Gasteiger partial charge in [-0.05, 0) is 24.3 Å². The molecule has 0 bridgehead atoms. The number of ether oxygens (including phenoxy) is 2. The number of benzene rings is 1. The molecule has 0 saturated carbocycles. The normalized spacial score (nSPS) is 11.8. The molecule has 0 spiro atoms. The standard InChI is InChI=1S/C17H13Cl6N5O4/c18-16(19,20)8-31-14(29)25-12-7-6-11(28-27-10-4-2-1-3-5-10)13(24-12)26-15(30)32-9-17(21,22)23/h1-7H,8-9H2,(H2,24,25,26,29,30). The van der Waals surface area contributed by atoms with E-state index in [0.717, 1.165) is 0 Å². The second-order valence-electron chi connectivity index (χ2n) is 5.73. The number of nitrogens with one attached hydrogen (secondary N) is 2. The quantitative estimate of drug-likeness (QED) is 0.282. The van der Waals surface area contributed by atoms with Gasteiger partial charge in [-0.15, -0.1) is 5.11 Å². The number of nitrogens with zero attached hydrogens (tertiary/aromatic N) is 3. The number of rotatable bonds is 6. The van der Waals surface area contributed by atoms with E-state index in [1.807, 2.05) is 6.07 Å². The Labute approximate surface area is 212 Å². The van der Waals surface area contributed by atoms with E-state index in [2.05, 4.69) is 25.8 Å². The van der Waals surface area contributed by atoms with Crippen LogP contribution in [0.25, 0.3) is 0 Å². The largest absolute Gasteiger partial charge is 0.445 e. The van der Waals surface area contributed by atoms with Crippen LogP contribution >= 0.6 is 69.6 Å². The molecule has 0 atom stereocenters. The topological polar surface area (TPSA) is 114 Å². The minimum atomic E-state index is -1.81. The summed E-state index contributed by atoms with van der Waals surface area (Å²) in [5, 5.41) is 12.7. The number of azo groups is 1. The Morgan fingerprint density at radius 2 is 1.38 bits per heavy atom. The number of pyridine rings is 1. The number of carbonyl (C=O) groups is 2. The summed E-state index contributed by atoms with van der Waals surface area (Å²) >= 11 is 33.3. The third-order valence-corrected chi connectivity index (χ3v) is 3.74. The first-order valence-corrected chi connectivity index (χ1v) is 10.7. The first kappa shape index (κ1) is 26.5. The van der Waals surface area contributed by atoms with Gasteiger partial charge in [-0.3, -0.25) is 10.6 Å². The molecule has 172 valence electrons. The Morgan fingerprint density at radius 3 is 1.94 bits per heavy atom. The number of anilines is 2. The van der Waals surface area contributed by atoms with Gasteiger partial charge in [0.1, 0.15) is 24.7 Å². The van der Waals surface area contributed by atoms with Crippen molar-refractivity contribution in [3.8, 4) is 0 Å². The van der Waals surface area contributed by atoms with Crippen molar-refractivity contribution in [1.29, 1.82) is 0 Å². The number of hydrogen-bond donors (Lipinski definition) is 2.